The third kappa shape index (κ3) is 6.13. The smallest absolute Gasteiger partial charge is 0.242 e. The van der Waals surface area contributed by atoms with Gasteiger partial charge in [0.05, 0.1) is 6.42 Å². The molecule has 28 heavy (non-hydrogen) atoms. The summed E-state index contributed by atoms with van der Waals surface area (Å²) in [7, 11) is 0. The fourth-order valence-electron chi connectivity index (χ4n) is 2.72. The highest BCUT2D eigenvalue weighted by Crippen LogP contribution is 2.24. The molecule has 0 aliphatic rings. The van der Waals surface area contributed by atoms with Crippen LogP contribution < -0.4 is 5.32 Å². The van der Waals surface area contributed by atoms with Crippen LogP contribution in [-0.4, -0.2) is 29.3 Å². The Morgan fingerprint density at radius 1 is 1.04 bits per heavy atom. The lowest BCUT2D eigenvalue weighted by molar-refractivity contribution is -0.140. The zero-order chi connectivity index (χ0) is 20.7. The van der Waals surface area contributed by atoms with Gasteiger partial charge >= 0.3 is 0 Å². The zero-order valence-corrected chi connectivity index (χ0v) is 18.1. The van der Waals surface area contributed by atoms with Crippen molar-refractivity contribution in [1.29, 1.82) is 0 Å². The van der Waals surface area contributed by atoms with Gasteiger partial charge in [-0.25, -0.2) is 0 Å². The minimum Gasteiger partial charge on any atom is -0.354 e. The minimum absolute atomic E-state index is 0.0614. The largest absolute Gasteiger partial charge is 0.354 e. The molecule has 1 atom stereocenters. The van der Waals surface area contributed by atoms with Crippen LogP contribution in [0, 0.1) is 0 Å². The normalized spacial score (nSPS) is 11.8. The summed E-state index contributed by atoms with van der Waals surface area (Å²) in [6, 6.07) is 11.6. The molecule has 2 amide bonds. The molecular weight excluding hydrogens is 419 g/mol. The molecule has 0 unspecified atom stereocenters. The van der Waals surface area contributed by atoms with Crippen LogP contribution >= 0.6 is 34.8 Å². The van der Waals surface area contributed by atoms with Crippen molar-refractivity contribution in [3.63, 3.8) is 0 Å². The van der Waals surface area contributed by atoms with Crippen molar-refractivity contribution in [1.82, 2.24) is 10.2 Å². The predicted octanol–water partition coefficient (Wildman–Crippen LogP) is 5.13. The third-order valence-electron chi connectivity index (χ3n) is 4.37. The quantitative estimate of drug-likeness (QED) is 0.617. The van der Waals surface area contributed by atoms with E-state index in [9.17, 15) is 9.59 Å². The molecule has 7 heteroatoms. The summed E-state index contributed by atoms with van der Waals surface area (Å²) in [5, 5.41) is 4.31. The van der Waals surface area contributed by atoms with Crippen molar-refractivity contribution >= 4 is 46.6 Å². The van der Waals surface area contributed by atoms with Crippen LogP contribution in [-0.2, 0) is 22.6 Å². The lowest BCUT2D eigenvalue weighted by atomic mass is 10.1. The Balaban J connectivity index is 2.26. The Labute approximate surface area is 180 Å². The molecule has 2 aromatic rings. The molecular formula is C21H23Cl3N2O2. The first-order valence-corrected chi connectivity index (χ1v) is 10.2. The fourth-order valence-corrected chi connectivity index (χ4v) is 3.39. The Bertz CT molecular complexity index is 842. The summed E-state index contributed by atoms with van der Waals surface area (Å²) in [6.45, 7) is 4.47. The molecule has 0 spiro atoms. The van der Waals surface area contributed by atoms with E-state index >= 15 is 0 Å². The van der Waals surface area contributed by atoms with Crippen molar-refractivity contribution in [3.8, 4) is 0 Å². The van der Waals surface area contributed by atoms with Gasteiger partial charge in [0.25, 0.3) is 0 Å². The van der Waals surface area contributed by atoms with Crippen molar-refractivity contribution in [2.75, 3.05) is 6.54 Å². The first kappa shape index (κ1) is 22.5. The molecule has 0 saturated carbocycles. The maximum atomic E-state index is 13.1. The Morgan fingerprint density at radius 2 is 1.75 bits per heavy atom. The molecule has 0 aliphatic carbocycles. The van der Waals surface area contributed by atoms with Gasteiger partial charge in [-0.3, -0.25) is 9.59 Å². The van der Waals surface area contributed by atoms with Crippen molar-refractivity contribution in [2.24, 2.45) is 0 Å². The molecule has 0 aliphatic heterocycles. The number of carbonyl (C=O) groups is 2. The molecule has 2 rings (SSSR count). The van der Waals surface area contributed by atoms with Crippen molar-refractivity contribution < 1.29 is 9.59 Å². The first-order chi connectivity index (χ1) is 13.3. The van der Waals surface area contributed by atoms with E-state index in [-0.39, 0.29) is 24.8 Å². The maximum absolute atomic E-state index is 13.1. The molecule has 150 valence electrons. The average Bonchev–Trinajstić information content (AvgIpc) is 2.67. The van der Waals surface area contributed by atoms with Crippen LogP contribution in [0.1, 0.15) is 31.4 Å². The summed E-state index contributed by atoms with van der Waals surface area (Å²) in [4.78, 5) is 27.1. The molecule has 0 radical (unpaired) electrons. The number of amides is 2. The lowest BCUT2D eigenvalue weighted by Crippen LogP contribution is -2.48. The molecule has 0 fully saturated rings. The maximum Gasteiger partial charge on any atom is 0.242 e. The van der Waals surface area contributed by atoms with Gasteiger partial charge in [0.1, 0.15) is 6.04 Å². The second-order valence-corrected chi connectivity index (χ2v) is 7.74. The van der Waals surface area contributed by atoms with E-state index < -0.39 is 6.04 Å². The number of rotatable bonds is 8. The Hall–Kier alpha value is -1.75. The van der Waals surface area contributed by atoms with E-state index in [2.05, 4.69) is 5.32 Å². The number of hydrogen-bond acceptors (Lipinski definition) is 2. The highest BCUT2D eigenvalue weighted by molar-refractivity contribution is 6.35. The monoisotopic (exact) mass is 440 g/mol. The predicted molar refractivity (Wildman–Crippen MR) is 115 cm³/mol. The summed E-state index contributed by atoms with van der Waals surface area (Å²) in [6.07, 6.45) is 0.878. The van der Waals surface area contributed by atoms with Gasteiger partial charge < -0.3 is 10.2 Å². The molecule has 2 aromatic carbocycles. The topological polar surface area (TPSA) is 49.4 Å². The number of nitrogens with one attached hydrogen (secondary N) is 1. The highest BCUT2D eigenvalue weighted by atomic mass is 35.5. The van der Waals surface area contributed by atoms with Crippen LogP contribution in [0.15, 0.2) is 42.5 Å². The van der Waals surface area contributed by atoms with Gasteiger partial charge in [-0.2, -0.15) is 0 Å². The molecule has 1 N–H and O–H groups in total. The van der Waals surface area contributed by atoms with Gasteiger partial charge in [0.2, 0.25) is 11.8 Å². The third-order valence-corrected chi connectivity index (χ3v) is 5.33. The Morgan fingerprint density at radius 3 is 2.39 bits per heavy atom. The molecule has 0 bridgehead atoms. The van der Waals surface area contributed by atoms with Gasteiger partial charge in [0, 0.05) is 28.2 Å². The molecule has 0 saturated heterocycles. The van der Waals surface area contributed by atoms with Crippen molar-refractivity contribution in [3.05, 3.63) is 68.7 Å². The summed E-state index contributed by atoms with van der Waals surface area (Å²) >= 11 is 18.4. The van der Waals surface area contributed by atoms with Gasteiger partial charge in [-0.1, -0.05) is 66.0 Å². The number of halogens is 3. The SMILES string of the molecule is CCCNC(=O)[C@H](C)N(Cc1ccccc1Cl)C(=O)Cc1ccc(Cl)cc1Cl. The van der Waals surface area contributed by atoms with Gasteiger partial charge in [0.15, 0.2) is 0 Å². The van der Waals surface area contributed by atoms with Gasteiger partial charge in [-0.15, -0.1) is 0 Å². The van der Waals surface area contributed by atoms with Crippen molar-refractivity contribution in [2.45, 2.75) is 39.3 Å². The number of benzene rings is 2. The van der Waals surface area contributed by atoms with Crippen LogP contribution in [0.5, 0.6) is 0 Å². The molecule has 0 heterocycles. The highest BCUT2D eigenvalue weighted by Gasteiger charge is 2.27. The second kappa shape index (κ2) is 10.7. The van der Waals surface area contributed by atoms with Gasteiger partial charge in [-0.05, 0) is 42.7 Å². The number of hydrogen-bond donors (Lipinski definition) is 1. The minimum atomic E-state index is -0.651. The van der Waals surface area contributed by atoms with E-state index in [0.29, 0.717) is 27.2 Å². The molecule has 0 aromatic heterocycles. The second-order valence-electron chi connectivity index (χ2n) is 6.49. The van der Waals surface area contributed by atoms with E-state index in [1.165, 1.54) is 4.90 Å². The fraction of sp³-hybridized carbons (Fsp3) is 0.333. The van der Waals surface area contributed by atoms with Crippen LogP contribution in [0.3, 0.4) is 0 Å². The first-order valence-electron chi connectivity index (χ1n) is 9.08. The number of carbonyl (C=O) groups excluding carboxylic acids is 2. The Kier molecular flexibility index (Phi) is 8.61. The zero-order valence-electron chi connectivity index (χ0n) is 15.8. The van der Waals surface area contributed by atoms with Crippen LogP contribution in [0.2, 0.25) is 15.1 Å². The van der Waals surface area contributed by atoms with E-state index in [0.717, 1.165) is 12.0 Å². The lowest BCUT2D eigenvalue weighted by Gasteiger charge is -2.29. The summed E-state index contributed by atoms with van der Waals surface area (Å²) in [5.41, 5.74) is 1.43. The average molecular weight is 442 g/mol. The van der Waals surface area contributed by atoms with E-state index in [1.54, 1.807) is 31.2 Å². The number of nitrogens with zero attached hydrogens (tertiary/aromatic N) is 1. The van der Waals surface area contributed by atoms with Crippen LogP contribution in [0.25, 0.3) is 0 Å². The summed E-state index contributed by atoms with van der Waals surface area (Å²) in [5.74, 6) is -0.423. The molecule has 4 nitrogen and oxygen atoms in total. The summed E-state index contributed by atoms with van der Waals surface area (Å²) < 4.78 is 0. The van der Waals surface area contributed by atoms with Crippen LogP contribution in [0.4, 0.5) is 0 Å². The standard InChI is InChI=1S/C21H23Cl3N2O2/c1-3-10-25-21(28)14(2)26(13-16-6-4-5-7-18(16)23)20(27)11-15-8-9-17(22)12-19(15)24/h4-9,12,14H,3,10-11,13H2,1-2H3,(H,25,28)/t14-/m0/s1. The van der Waals surface area contributed by atoms with E-state index in [1.807, 2.05) is 25.1 Å². The van der Waals surface area contributed by atoms with E-state index in [4.69, 9.17) is 34.8 Å².